The molecule has 0 bridgehead atoms. The molecule has 1 aromatic rings. The van der Waals surface area contributed by atoms with Gasteiger partial charge in [0.05, 0.1) is 6.61 Å². The normalized spacial score (nSPS) is 12.1. The highest BCUT2D eigenvalue weighted by Gasteiger charge is 2.12. The van der Waals surface area contributed by atoms with Gasteiger partial charge in [0.2, 0.25) is 0 Å². The van der Waals surface area contributed by atoms with E-state index in [1.807, 2.05) is 0 Å². The lowest BCUT2D eigenvalue weighted by atomic mass is 9.87. The molecule has 0 aliphatic heterocycles. The van der Waals surface area contributed by atoms with Crippen molar-refractivity contribution >= 4 is 0 Å². The van der Waals surface area contributed by atoms with Gasteiger partial charge >= 0.3 is 0 Å². The van der Waals surface area contributed by atoms with Crippen LogP contribution in [0.4, 0.5) is 0 Å². The fourth-order valence-corrected chi connectivity index (χ4v) is 1.48. The lowest BCUT2D eigenvalue weighted by Gasteiger charge is -2.19. The van der Waals surface area contributed by atoms with Crippen molar-refractivity contribution < 1.29 is 4.84 Å². The van der Waals surface area contributed by atoms with Gasteiger partial charge in [-0.1, -0.05) is 58.9 Å². The molecular weight excluding hydrogens is 210 g/mol. The van der Waals surface area contributed by atoms with E-state index in [2.05, 4.69) is 64.4 Å². The minimum Gasteiger partial charge on any atom is -0.301 e. The van der Waals surface area contributed by atoms with E-state index in [-0.39, 0.29) is 5.41 Å². The minimum atomic E-state index is 0.222. The van der Waals surface area contributed by atoms with E-state index in [9.17, 15) is 0 Å². The van der Waals surface area contributed by atoms with E-state index < -0.39 is 0 Å². The van der Waals surface area contributed by atoms with Crippen LogP contribution in [-0.2, 0) is 16.8 Å². The van der Waals surface area contributed by atoms with Crippen molar-refractivity contribution in [1.82, 2.24) is 5.48 Å². The van der Waals surface area contributed by atoms with Crippen LogP contribution in [0.15, 0.2) is 24.3 Å². The third kappa shape index (κ3) is 5.33. The van der Waals surface area contributed by atoms with Crippen molar-refractivity contribution in [1.29, 1.82) is 0 Å². The maximum atomic E-state index is 5.35. The zero-order chi connectivity index (χ0) is 12.9. The van der Waals surface area contributed by atoms with Gasteiger partial charge in [0.15, 0.2) is 0 Å². The summed E-state index contributed by atoms with van der Waals surface area (Å²) >= 11 is 0. The predicted molar refractivity (Wildman–Crippen MR) is 72.8 cm³/mol. The Kier molecular flexibility index (Phi) is 5.16. The number of hydrogen-bond donors (Lipinski definition) is 1. The van der Waals surface area contributed by atoms with Gasteiger partial charge in [-0.25, -0.2) is 0 Å². The Balaban J connectivity index is 2.41. The molecule has 0 unspecified atom stereocenters. The Morgan fingerprint density at radius 3 is 2.18 bits per heavy atom. The summed E-state index contributed by atoms with van der Waals surface area (Å²) in [6.45, 7) is 12.5. The Morgan fingerprint density at radius 2 is 1.71 bits per heavy atom. The van der Waals surface area contributed by atoms with Crippen LogP contribution in [0.5, 0.6) is 0 Å². The highest BCUT2D eigenvalue weighted by Crippen LogP contribution is 2.22. The predicted octanol–water partition coefficient (Wildman–Crippen LogP) is 3.66. The molecule has 0 fully saturated rings. The molecule has 0 saturated heterocycles. The first-order chi connectivity index (χ1) is 7.89. The summed E-state index contributed by atoms with van der Waals surface area (Å²) in [7, 11) is 0. The molecule has 0 radical (unpaired) electrons. The lowest BCUT2D eigenvalue weighted by Crippen LogP contribution is -2.17. The number of hydroxylamine groups is 1. The Labute approximate surface area is 105 Å². The van der Waals surface area contributed by atoms with Crippen LogP contribution in [0.25, 0.3) is 0 Å². The van der Waals surface area contributed by atoms with E-state index in [1.54, 1.807) is 0 Å². The van der Waals surface area contributed by atoms with Crippen molar-refractivity contribution in [2.75, 3.05) is 6.61 Å². The van der Waals surface area contributed by atoms with Crippen LogP contribution < -0.4 is 5.48 Å². The lowest BCUT2D eigenvalue weighted by molar-refractivity contribution is 0.0196. The molecule has 1 N–H and O–H groups in total. The second-order valence-electron chi connectivity index (χ2n) is 5.97. The highest BCUT2D eigenvalue weighted by atomic mass is 16.6. The minimum absolute atomic E-state index is 0.222. The standard InChI is InChI=1S/C15H25NO/c1-12(2)11-17-16-10-13-6-8-14(9-7-13)15(3,4)5/h6-9,12,16H,10-11H2,1-5H3. The molecular formula is C15H25NO. The summed E-state index contributed by atoms with van der Waals surface area (Å²) in [5, 5.41) is 0. The maximum Gasteiger partial charge on any atom is 0.0705 e. The monoisotopic (exact) mass is 235 g/mol. The molecule has 0 amide bonds. The van der Waals surface area contributed by atoms with Crippen LogP contribution in [-0.4, -0.2) is 6.61 Å². The third-order valence-corrected chi connectivity index (χ3v) is 2.61. The molecule has 0 aromatic heterocycles. The van der Waals surface area contributed by atoms with Crippen LogP contribution in [0.3, 0.4) is 0 Å². The number of rotatable bonds is 5. The zero-order valence-electron chi connectivity index (χ0n) is 11.7. The summed E-state index contributed by atoms with van der Waals surface area (Å²) < 4.78 is 0. The van der Waals surface area contributed by atoms with Crippen molar-refractivity contribution in [2.45, 2.75) is 46.6 Å². The third-order valence-electron chi connectivity index (χ3n) is 2.61. The quantitative estimate of drug-likeness (QED) is 0.621. The SMILES string of the molecule is CC(C)CONCc1ccc(C(C)(C)C)cc1. The topological polar surface area (TPSA) is 21.3 Å². The van der Waals surface area contributed by atoms with Gasteiger partial charge in [0.1, 0.15) is 0 Å². The average molecular weight is 235 g/mol. The average Bonchev–Trinajstić information content (AvgIpc) is 2.23. The van der Waals surface area contributed by atoms with Gasteiger partial charge in [-0.2, -0.15) is 5.48 Å². The van der Waals surface area contributed by atoms with E-state index in [0.29, 0.717) is 5.92 Å². The summed E-state index contributed by atoms with van der Waals surface area (Å²) in [5.74, 6) is 0.561. The molecule has 0 heterocycles. The van der Waals surface area contributed by atoms with Crippen molar-refractivity contribution in [3.05, 3.63) is 35.4 Å². The highest BCUT2D eigenvalue weighted by molar-refractivity contribution is 5.27. The largest absolute Gasteiger partial charge is 0.301 e. The second-order valence-corrected chi connectivity index (χ2v) is 5.97. The number of hydrogen-bond acceptors (Lipinski definition) is 2. The molecule has 1 aromatic carbocycles. The smallest absolute Gasteiger partial charge is 0.0705 e. The molecule has 2 nitrogen and oxygen atoms in total. The first kappa shape index (κ1) is 14.2. The van der Waals surface area contributed by atoms with Crippen molar-refractivity contribution in [3.63, 3.8) is 0 Å². The summed E-state index contributed by atoms with van der Waals surface area (Å²) in [5.41, 5.74) is 5.83. The van der Waals surface area contributed by atoms with Crippen LogP contribution in [0, 0.1) is 5.92 Å². The Bertz CT molecular complexity index is 322. The first-order valence-electron chi connectivity index (χ1n) is 6.33. The van der Waals surface area contributed by atoms with Crippen LogP contribution >= 0.6 is 0 Å². The van der Waals surface area contributed by atoms with Crippen LogP contribution in [0.1, 0.15) is 45.7 Å². The maximum absolute atomic E-state index is 5.35. The van der Waals surface area contributed by atoms with E-state index in [0.717, 1.165) is 13.2 Å². The second kappa shape index (κ2) is 6.18. The van der Waals surface area contributed by atoms with Gasteiger partial charge in [0.25, 0.3) is 0 Å². The summed E-state index contributed by atoms with van der Waals surface area (Å²) in [6.07, 6.45) is 0. The molecule has 0 spiro atoms. The van der Waals surface area contributed by atoms with Crippen molar-refractivity contribution in [3.8, 4) is 0 Å². The fraction of sp³-hybridized carbons (Fsp3) is 0.600. The molecule has 0 saturated carbocycles. The molecule has 0 aliphatic rings. The Hall–Kier alpha value is -0.860. The van der Waals surface area contributed by atoms with E-state index in [4.69, 9.17) is 4.84 Å². The van der Waals surface area contributed by atoms with Gasteiger partial charge in [-0.15, -0.1) is 0 Å². The van der Waals surface area contributed by atoms with Crippen molar-refractivity contribution in [2.24, 2.45) is 5.92 Å². The van der Waals surface area contributed by atoms with E-state index in [1.165, 1.54) is 11.1 Å². The Morgan fingerprint density at radius 1 is 1.12 bits per heavy atom. The first-order valence-corrected chi connectivity index (χ1v) is 6.33. The number of nitrogens with one attached hydrogen (secondary N) is 1. The molecule has 2 heteroatoms. The summed E-state index contributed by atoms with van der Waals surface area (Å²) in [4.78, 5) is 5.35. The van der Waals surface area contributed by atoms with Gasteiger partial charge in [-0.05, 0) is 22.5 Å². The fourth-order valence-electron chi connectivity index (χ4n) is 1.48. The summed E-state index contributed by atoms with van der Waals surface area (Å²) in [6, 6.07) is 8.71. The molecule has 96 valence electrons. The van der Waals surface area contributed by atoms with Gasteiger partial charge in [0, 0.05) is 6.54 Å². The molecule has 17 heavy (non-hydrogen) atoms. The van der Waals surface area contributed by atoms with Crippen LogP contribution in [0.2, 0.25) is 0 Å². The van der Waals surface area contributed by atoms with E-state index >= 15 is 0 Å². The zero-order valence-corrected chi connectivity index (χ0v) is 11.7. The molecule has 0 aliphatic carbocycles. The van der Waals surface area contributed by atoms with Gasteiger partial charge in [-0.3, -0.25) is 0 Å². The molecule has 1 rings (SSSR count). The molecule has 0 atom stereocenters. The van der Waals surface area contributed by atoms with Gasteiger partial charge < -0.3 is 4.84 Å². The number of benzene rings is 1.